The molecular formula is C23H24F6N4O2. The van der Waals surface area contributed by atoms with E-state index in [4.69, 9.17) is 4.74 Å². The molecule has 2 unspecified atom stereocenters. The van der Waals surface area contributed by atoms with E-state index in [-0.39, 0.29) is 24.2 Å². The monoisotopic (exact) mass is 502 g/mol. The zero-order valence-corrected chi connectivity index (χ0v) is 18.8. The highest BCUT2D eigenvalue weighted by Gasteiger charge is 2.43. The predicted octanol–water partition coefficient (Wildman–Crippen LogP) is 6.34. The number of anilines is 1. The summed E-state index contributed by atoms with van der Waals surface area (Å²) in [5.41, 5.74) is -2.87. The number of rotatable bonds is 5. The molecule has 1 aromatic carbocycles. The number of ether oxygens (including phenoxy) is 1. The van der Waals surface area contributed by atoms with Gasteiger partial charge in [-0.15, -0.1) is 0 Å². The van der Waals surface area contributed by atoms with Gasteiger partial charge in [0.15, 0.2) is 0 Å². The summed E-state index contributed by atoms with van der Waals surface area (Å²) in [6.45, 7) is 1.44. The number of carbonyl (C=O) groups excluding carboxylic acids is 1. The fourth-order valence-electron chi connectivity index (χ4n) is 4.51. The first kappa shape index (κ1) is 25.1. The average molecular weight is 502 g/mol. The van der Waals surface area contributed by atoms with Gasteiger partial charge in [0.2, 0.25) is 0 Å². The van der Waals surface area contributed by atoms with Gasteiger partial charge in [0, 0.05) is 18.4 Å². The van der Waals surface area contributed by atoms with Crippen LogP contribution in [-0.4, -0.2) is 33.0 Å². The molecule has 0 radical (unpaired) electrons. The molecule has 6 nitrogen and oxygen atoms in total. The topological polar surface area (TPSA) is 67.3 Å². The second-order valence-corrected chi connectivity index (χ2v) is 8.84. The Hall–Kier alpha value is -3.05. The van der Waals surface area contributed by atoms with Crippen LogP contribution in [0.2, 0.25) is 0 Å². The molecule has 0 spiro atoms. The van der Waals surface area contributed by atoms with Gasteiger partial charge in [0.25, 0.3) is 0 Å². The Bertz CT molecular complexity index is 1040. The van der Waals surface area contributed by atoms with Crippen molar-refractivity contribution in [2.45, 2.75) is 76.1 Å². The van der Waals surface area contributed by atoms with Gasteiger partial charge >= 0.3 is 18.4 Å². The van der Waals surface area contributed by atoms with Gasteiger partial charge in [0.1, 0.15) is 17.6 Å². The number of halogens is 6. The quantitative estimate of drug-likeness (QED) is 0.484. The van der Waals surface area contributed by atoms with Crippen molar-refractivity contribution < 1.29 is 35.9 Å². The van der Waals surface area contributed by atoms with Crippen LogP contribution in [0.1, 0.15) is 67.5 Å². The van der Waals surface area contributed by atoms with Gasteiger partial charge in [-0.05, 0) is 43.5 Å². The Morgan fingerprint density at radius 3 is 2.17 bits per heavy atom. The van der Waals surface area contributed by atoms with Gasteiger partial charge < -0.3 is 10.1 Å². The molecule has 2 heterocycles. The minimum absolute atomic E-state index is 0.0471. The van der Waals surface area contributed by atoms with Crippen LogP contribution < -0.4 is 5.32 Å². The number of alkyl halides is 6. The van der Waals surface area contributed by atoms with E-state index in [1.165, 1.54) is 24.2 Å². The number of hydrogen-bond donors (Lipinski definition) is 1. The third kappa shape index (κ3) is 5.62. The Kier molecular flexibility index (Phi) is 6.83. The molecule has 35 heavy (non-hydrogen) atoms. The number of aromatic nitrogens is 2. The number of benzene rings is 1. The number of nitrogens with one attached hydrogen (secondary N) is 1. The lowest BCUT2D eigenvalue weighted by atomic mass is 9.95. The number of cyclic esters (lactones) is 1. The van der Waals surface area contributed by atoms with E-state index in [2.05, 4.69) is 15.3 Å². The Morgan fingerprint density at radius 1 is 0.971 bits per heavy atom. The lowest BCUT2D eigenvalue weighted by Gasteiger charge is -2.25. The van der Waals surface area contributed by atoms with E-state index in [0.29, 0.717) is 23.6 Å². The molecule has 1 saturated heterocycles. The van der Waals surface area contributed by atoms with Crippen LogP contribution >= 0.6 is 0 Å². The van der Waals surface area contributed by atoms with Crippen LogP contribution in [0.15, 0.2) is 30.6 Å². The van der Waals surface area contributed by atoms with Crippen molar-refractivity contribution in [1.82, 2.24) is 14.9 Å². The Labute approximate surface area is 197 Å². The summed E-state index contributed by atoms with van der Waals surface area (Å²) < 4.78 is 85.0. The Morgan fingerprint density at radius 2 is 1.57 bits per heavy atom. The molecule has 2 atom stereocenters. The molecule has 1 amide bonds. The third-order valence-electron chi connectivity index (χ3n) is 6.37. The van der Waals surface area contributed by atoms with Gasteiger partial charge in [0.05, 0.1) is 23.7 Å². The summed E-state index contributed by atoms with van der Waals surface area (Å²) in [6.07, 6.45) is -3.95. The largest absolute Gasteiger partial charge is 0.439 e. The third-order valence-corrected chi connectivity index (χ3v) is 6.37. The zero-order valence-electron chi connectivity index (χ0n) is 18.8. The van der Waals surface area contributed by atoms with Crippen molar-refractivity contribution in [3.63, 3.8) is 0 Å². The van der Waals surface area contributed by atoms with Crippen molar-refractivity contribution in [1.29, 1.82) is 0 Å². The smallest absolute Gasteiger partial charge is 0.416 e. The fraction of sp³-hybridized carbons (Fsp3) is 0.522. The summed E-state index contributed by atoms with van der Waals surface area (Å²) >= 11 is 0. The van der Waals surface area contributed by atoms with E-state index in [9.17, 15) is 31.1 Å². The number of amides is 1. The molecule has 4 rings (SSSR count). The molecule has 2 aromatic rings. The highest BCUT2D eigenvalue weighted by Crippen LogP contribution is 2.41. The van der Waals surface area contributed by atoms with E-state index in [1.54, 1.807) is 0 Å². The van der Waals surface area contributed by atoms with Crippen molar-refractivity contribution in [3.8, 4) is 0 Å². The van der Waals surface area contributed by atoms with Crippen molar-refractivity contribution in [3.05, 3.63) is 53.0 Å². The molecule has 1 aliphatic carbocycles. The number of hydrogen-bond acceptors (Lipinski definition) is 5. The van der Waals surface area contributed by atoms with Crippen LogP contribution in [0.5, 0.6) is 0 Å². The maximum atomic E-state index is 13.3. The van der Waals surface area contributed by atoms with Crippen LogP contribution in [0, 0.1) is 0 Å². The first-order chi connectivity index (χ1) is 16.4. The minimum Gasteiger partial charge on any atom is -0.439 e. The van der Waals surface area contributed by atoms with Gasteiger partial charge in [-0.2, -0.15) is 26.3 Å². The van der Waals surface area contributed by atoms with Crippen molar-refractivity contribution >= 4 is 11.9 Å². The van der Waals surface area contributed by atoms with Crippen molar-refractivity contribution in [2.75, 3.05) is 5.32 Å². The molecule has 2 fully saturated rings. The second-order valence-electron chi connectivity index (χ2n) is 8.84. The summed E-state index contributed by atoms with van der Waals surface area (Å²) in [5.74, 6) is 0.487. The predicted molar refractivity (Wildman–Crippen MR) is 113 cm³/mol. The summed E-state index contributed by atoms with van der Waals surface area (Å²) in [7, 11) is 0. The maximum Gasteiger partial charge on any atom is 0.416 e. The SMILES string of the molecule is CC1C(c2cc(C(F)(F)F)cc(C(F)(F)F)c2)OC(=O)N1Cc1nccnc1NC1CCCCC1. The standard InChI is InChI=1S/C23H24F6N4O2/c1-13-19(14-9-15(22(24,25)26)11-16(10-14)23(27,28)29)35-21(34)33(13)12-18-20(31-8-7-30-18)32-17-5-3-2-4-6-17/h7-11,13,17,19H,2-6,12H2,1H3,(H,31,32). The van der Waals surface area contributed by atoms with E-state index in [0.717, 1.165) is 32.1 Å². The first-order valence-corrected chi connectivity index (χ1v) is 11.3. The fourth-order valence-corrected chi connectivity index (χ4v) is 4.51. The van der Waals surface area contributed by atoms with E-state index < -0.39 is 41.7 Å². The molecule has 190 valence electrons. The average Bonchev–Trinajstić information content (AvgIpc) is 3.08. The molecule has 1 aromatic heterocycles. The Balaban J connectivity index is 1.59. The van der Waals surface area contributed by atoms with Crippen LogP contribution in [0.3, 0.4) is 0 Å². The van der Waals surface area contributed by atoms with Crippen molar-refractivity contribution in [2.24, 2.45) is 0 Å². The lowest BCUT2D eigenvalue weighted by molar-refractivity contribution is -0.143. The van der Waals surface area contributed by atoms with Gasteiger partial charge in [-0.1, -0.05) is 19.3 Å². The number of carbonyl (C=O) groups is 1. The van der Waals surface area contributed by atoms with Crippen LogP contribution in [0.25, 0.3) is 0 Å². The van der Waals surface area contributed by atoms with E-state index >= 15 is 0 Å². The summed E-state index contributed by atoms with van der Waals surface area (Å²) in [6, 6.07) is 0.584. The van der Waals surface area contributed by atoms with E-state index in [1.807, 2.05) is 0 Å². The molecule has 1 aliphatic heterocycles. The molecule has 1 saturated carbocycles. The number of nitrogens with zero attached hydrogens (tertiary/aromatic N) is 3. The van der Waals surface area contributed by atoms with Crippen LogP contribution in [-0.2, 0) is 23.6 Å². The molecule has 0 bridgehead atoms. The second kappa shape index (κ2) is 9.54. The minimum atomic E-state index is -5.00. The summed E-state index contributed by atoms with van der Waals surface area (Å²) in [5, 5.41) is 3.34. The molecule has 12 heteroatoms. The molecule has 1 N–H and O–H groups in total. The summed E-state index contributed by atoms with van der Waals surface area (Å²) in [4.78, 5) is 22.5. The van der Waals surface area contributed by atoms with Gasteiger partial charge in [-0.3, -0.25) is 9.88 Å². The highest BCUT2D eigenvalue weighted by atomic mass is 19.4. The maximum absolute atomic E-state index is 13.3. The van der Waals surface area contributed by atoms with Crippen LogP contribution in [0.4, 0.5) is 37.0 Å². The van der Waals surface area contributed by atoms with Gasteiger partial charge in [-0.25, -0.2) is 9.78 Å². The highest BCUT2D eigenvalue weighted by molar-refractivity contribution is 5.71. The first-order valence-electron chi connectivity index (χ1n) is 11.3. The lowest BCUT2D eigenvalue weighted by Crippen LogP contribution is -2.33. The molecule has 2 aliphatic rings. The zero-order chi connectivity index (χ0) is 25.4. The molecular weight excluding hydrogens is 478 g/mol. The normalized spacial score (nSPS) is 21.8.